The maximum atomic E-state index is 6.06. The largest absolute Gasteiger partial charge is 0.323 e. The van der Waals surface area contributed by atoms with Crippen LogP contribution < -0.4 is 5.73 Å². The molecule has 1 fully saturated rings. The van der Waals surface area contributed by atoms with Crippen molar-refractivity contribution in [1.29, 1.82) is 0 Å². The van der Waals surface area contributed by atoms with Gasteiger partial charge in [-0.25, -0.2) is 0 Å². The molecule has 1 aliphatic heterocycles. The summed E-state index contributed by atoms with van der Waals surface area (Å²) in [5.41, 5.74) is 7.19. The van der Waals surface area contributed by atoms with Gasteiger partial charge in [-0.15, -0.1) is 0 Å². The molecule has 0 radical (unpaired) electrons. The van der Waals surface area contributed by atoms with Gasteiger partial charge in [0.2, 0.25) is 0 Å². The number of thioether (sulfide) groups is 1. The van der Waals surface area contributed by atoms with E-state index in [-0.39, 0.29) is 6.04 Å². The van der Waals surface area contributed by atoms with Gasteiger partial charge < -0.3 is 5.73 Å². The van der Waals surface area contributed by atoms with Crippen LogP contribution in [0, 0.1) is 5.92 Å². The maximum absolute atomic E-state index is 6.06. The van der Waals surface area contributed by atoms with E-state index in [1.165, 1.54) is 18.6 Å². The highest BCUT2D eigenvalue weighted by Crippen LogP contribution is 2.33. The average molecular weight is 276 g/mol. The molecule has 0 aromatic carbocycles. The van der Waals surface area contributed by atoms with Crippen LogP contribution in [0.25, 0.3) is 0 Å². The molecule has 0 aromatic rings. The second-order valence-corrected chi connectivity index (χ2v) is 5.11. The highest BCUT2D eigenvalue weighted by atomic mass is 32.2. The lowest BCUT2D eigenvalue weighted by atomic mass is 9.93. The van der Waals surface area contributed by atoms with Crippen LogP contribution in [0.15, 0.2) is 12.2 Å². The molecule has 0 spiro atoms. The highest BCUT2D eigenvalue weighted by molar-refractivity contribution is 8.00. The first-order valence-corrected chi connectivity index (χ1v) is 8.70. The van der Waals surface area contributed by atoms with E-state index in [2.05, 4.69) is 13.5 Å². The average Bonchev–Trinajstić information content (AvgIpc) is 2.45. The van der Waals surface area contributed by atoms with E-state index in [1.807, 2.05) is 60.2 Å². The van der Waals surface area contributed by atoms with Gasteiger partial charge >= 0.3 is 0 Å². The molecule has 0 aliphatic carbocycles. The summed E-state index contributed by atoms with van der Waals surface area (Å²) >= 11 is 2.02. The van der Waals surface area contributed by atoms with Crippen LogP contribution in [0.4, 0.5) is 0 Å². The molecule has 18 heavy (non-hydrogen) atoms. The molecule has 1 rings (SSSR count). The minimum absolute atomic E-state index is 0.199. The summed E-state index contributed by atoms with van der Waals surface area (Å²) in [7, 11) is 0. The third-order valence-corrected chi connectivity index (χ3v) is 4.27. The molecule has 3 unspecified atom stereocenters. The predicted octanol–water partition coefficient (Wildman–Crippen LogP) is 5.50. The Labute approximate surface area is 121 Å². The molecule has 0 aromatic heterocycles. The summed E-state index contributed by atoms with van der Waals surface area (Å²) in [6.45, 7) is 20.3. The van der Waals surface area contributed by atoms with E-state index < -0.39 is 0 Å². The number of hydrogen-bond donors (Lipinski definition) is 1. The fourth-order valence-electron chi connectivity index (χ4n) is 1.69. The van der Waals surface area contributed by atoms with Crippen LogP contribution in [0.1, 0.15) is 68.2 Å². The van der Waals surface area contributed by atoms with Crippen molar-refractivity contribution in [3.63, 3.8) is 0 Å². The molecule has 112 valence electrons. The summed E-state index contributed by atoms with van der Waals surface area (Å²) in [6, 6.07) is 0.199. The number of hydrogen-bond acceptors (Lipinski definition) is 2. The Hall–Kier alpha value is 0.0500. The van der Waals surface area contributed by atoms with Crippen LogP contribution in [0.3, 0.4) is 0 Å². The first-order valence-electron chi connectivity index (χ1n) is 7.65. The molecule has 1 aliphatic rings. The van der Waals surface area contributed by atoms with Crippen LogP contribution in [0.5, 0.6) is 0 Å². The molecule has 3 atom stereocenters. The molecule has 0 saturated carbocycles. The summed E-state index contributed by atoms with van der Waals surface area (Å²) in [6.07, 6.45) is 2.68. The minimum atomic E-state index is 0.199. The molecule has 1 saturated heterocycles. The van der Waals surface area contributed by atoms with Gasteiger partial charge in [-0.05, 0) is 31.4 Å². The fraction of sp³-hybridized carbons (Fsp3) is 0.875. The Bertz CT molecular complexity index is 168. The van der Waals surface area contributed by atoms with Gasteiger partial charge in [0.15, 0.2) is 0 Å². The van der Waals surface area contributed by atoms with Gasteiger partial charge in [0.25, 0.3) is 0 Å². The van der Waals surface area contributed by atoms with Crippen molar-refractivity contribution in [2.45, 2.75) is 79.5 Å². The van der Waals surface area contributed by atoms with Crippen molar-refractivity contribution in [2.75, 3.05) is 5.75 Å². The zero-order valence-corrected chi connectivity index (χ0v) is 14.9. The normalized spacial score (nSPS) is 22.9. The Kier molecular flexibility index (Phi) is 21.9. The minimum Gasteiger partial charge on any atom is -0.323 e. The molecule has 1 heterocycles. The molecule has 1 nitrogen and oxygen atoms in total. The fourth-order valence-corrected chi connectivity index (χ4v) is 3.20. The van der Waals surface area contributed by atoms with E-state index in [4.69, 9.17) is 5.73 Å². The van der Waals surface area contributed by atoms with Crippen molar-refractivity contribution in [1.82, 2.24) is 0 Å². The quantitative estimate of drug-likeness (QED) is 0.673. The standard InChI is InChI=1S/C10H19NS.3C2H6/c1-7(2)9(11)10-8(3)5-4-6-12-10;3*1-2/h8-10H,1,4-6,11H2,2-3H3;3*1-2H3. The first kappa shape index (κ1) is 23.2. The van der Waals surface area contributed by atoms with E-state index in [9.17, 15) is 0 Å². The summed E-state index contributed by atoms with van der Waals surface area (Å²) < 4.78 is 0. The zero-order chi connectivity index (χ0) is 15.1. The van der Waals surface area contributed by atoms with Crippen LogP contribution in [-0.2, 0) is 0 Å². The van der Waals surface area contributed by atoms with Crippen molar-refractivity contribution in [3.8, 4) is 0 Å². The first-order chi connectivity index (χ1) is 8.63. The molecule has 2 heteroatoms. The maximum Gasteiger partial charge on any atom is 0.0371 e. The van der Waals surface area contributed by atoms with Gasteiger partial charge in [-0.2, -0.15) is 11.8 Å². The molecule has 2 N–H and O–H groups in total. The Balaban J connectivity index is -0.000000328. The molecule has 0 amide bonds. The second-order valence-electron chi connectivity index (χ2n) is 3.83. The third-order valence-electron chi connectivity index (χ3n) is 2.60. The van der Waals surface area contributed by atoms with E-state index >= 15 is 0 Å². The highest BCUT2D eigenvalue weighted by Gasteiger charge is 2.27. The lowest BCUT2D eigenvalue weighted by Crippen LogP contribution is -2.39. The van der Waals surface area contributed by atoms with Gasteiger partial charge in [-0.3, -0.25) is 0 Å². The topological polar surface area (TPSA) is 26.0 Å². The zero-order valence-electron chi connectivity index (χ0n) is 14.0. The monoisotopic (exact) mass is 275 g/mol. The van der Waals surface area contributed by atoms with Gasteiger partial charge in [-0.1, -0.05) is 60.6 Å². The summed E-state index contributed by atoms with van der Waals surface area (Å²) in [5.74, 6) is 2.03. The number of nitrogens with two attached hydrogens (primary N) is 1. The van der Waals surface area contributed by atoms with Gasteiger partial charge in [0, 0.05) is 11.3 Å². The van der Waals surface area contributed by atoms with Crippen molar-refractivity contribution in [3.05, 3.63) is 12.2 Å². The molecular formula is C16H37NS. The SMILES string of the molecule is C=C(C)C(N)C1SCCCC1C.CC.CC.CC. The predicted molar refractivity (Wildman–Crippen MR) is 91.5 cm³/mol. The van der Waals surface area contributed by atoms with E-state index in [1.54, 1.807) is 0 Å². The summed E-state index contributed by atoms with van der Waals surface area (Å²) in [5, 5.41) is 0.608. The van der Waals surface area contributed by atoms with Gasteiger partial charge in [0.05, 0.1) is 0 Å². The van der Waals surface area contributed by atoms with Crippen LogP contribution in [0.2, 0.25) is 0 Å². The van der Waals surface area contributed by atoms with Crippen LogP contribution >= 0.6 is 11.8 Å². The van der Waals surface area contributed by atoms with Gasteiger partial charge in [0.1, 0.15) is 0 Å². The summed E-state index contributed by atoms with van der Waals surface area (Å²) in [4.78, 5) is 0. The number of rotatable bonds is 2. The Morgan fingerprint density at radius 3 is 1.94 bits per heavy atom. The smallest absolute Gasteiger partial charge is 0.0371 e. The lowest BCUT2D eigenvalue weighted by Gasteiger charge is -2.33. The van der Waals surface area contributed by atoms with Crippen molar-refractivity contribution in [2.24, 2.45) is 11.7 Å². The lowest BCUT2D eigenvalue weighted by molar-refractivity contribution is 0.458. The third kappa shape index (κ3) is 10.0. The van der Waals surface area contributed by atoms with Crippen molar-refractivity contribution < 1.29 is 0 Å². The van der Waals surface area contributed by atoms with Crippen molar-refractivity contribution >= 4 is 11.8 Å². The van der Waals surface area contributed by atoms with E-state index in [0.29, 0.717) is 5.25 Å². The second kappa shape index (κ2) is 17.1. The van der Waals surface area contributed by atoms with E-state index in [0.717, 1.165) is 11.5 Å². The Morgan fingerprint density at radius 2 is 1.61 bits per heavy atom. The Morgan fingerprint density at radius 1 is 1.17 bits per heavy atom. The molecule has 0 bridgehead atoms. The molecular weight excluding hydrogens is 238 g/mol. The van der Waals surface area contributed by atoms with Crippen LogP contribution in [-0.4, -0.2) is 17.0 Å².